The van der Waals surface area contributed by atoms with Gasteiger partial charge < -0.3 is 13.7 Å². The highest BCUT2D eigenvalue weighted by Gasteiger charge is 2.48. The maximum Gasteiger partial charge on any atom is 0.534 e. The molecule has 0 aliphatic rings. The maximum atomic E-state index is 12.9. The normalized spacial score (nSPS) is 11.9. The zero-order chi connectivity index (χ0) is 24.4. The summed E-state index contributed by atoms with van der Waals surface area (Å²) in [5, 5.41) is 0.294. The third-order valence-corrected chi connectivity index (χ3v) is 5.87. The number of carbonyl (C=O) groups is 1. The molecule has 0 fully saturated rings. The fourth-order valence-corrected chi connectivity index (χ4v) is 3.67. The molecule has 33 heavy (non-hydrogen) atoms. The van der Waals surface area contributed by atoms with Crippen molar-refractivity contribution < 1.29 is 40.0 Å². The first-order valence-corrected chi connectivity index (χ1v) is 11.3. The van der Waals surface area contributed by atoms with E-state index in [2.05, 4.69) is 4.18 Å². The van der Waals surface area contributed by atoms with Crippen molar-refractivity contribution in [1.82, 2.24) is 0 Å². The molecule has 0 aliphatic heterocycles. The van der Waals surface area contributed by atoms with Crippen LogP contribution >= 0.6 is 0 Å². The van der Waals surface area contributed by atoms with Gasteiger partial charge in [0.15, 0.2) is 5.75 Å². The SMILES string of the molecule is CCOC(=O)c1cc(OS(=O)(=O)C(F)(F)F)c2ccc(OCc3c(C)cccc3C)cc2c1. The van der Waals surface area contributed by atoms with E-state index in [-0.39, 0.29) is 29.5 Å². The Morgan fingerprint density at radius 2 is 1.67 bits per heavy atom. The number of hydrogen-bond acceptors (Lipinski definition) is 6. The summed E-state index contributed by atoms with van der Waals surface area (Å²) in [5.74, 6) is -1.11. The predicted molar refractivity (Wildman–Crippen MR) is 116 cm³/mol. The topological polar surface area (TPSA) is 78.9 Å². The summed E-state index contributed by atoms with van der Waals surface area (Å²) in [6, 6.07) is 12.4. The first-order valence-electron chi connectivity index (χ1n) is 9.86. The van der Waals surface area contributed by atoms with Gasteiger partial charge in [-0.1, -0.05) is 18.2 Å². The Morgan fingerprint density at radius 3 is 2.27 bits per heavy atom. The van der Waals surface area contributed by atoms with Gasteiger partial charge in [0.2, 0.25) is 0 Å². The molecule has 3 aromatic rings. The molecule has 176 valence electrons. The summed E-state index contributed by atoms with van der Waals surface area (Å²) in [5.41, 5.74) is -2.74. The second-order valence-corrected chi connectivity index (χ2v) is 8.76. The molecule has 3 aromatic carbocycles. The minimum Gasteiger partial charge on any atom is -0.489 e. The molecular formula is C23H21F3O6S. The lowest BCUT2D eigenvalue weighted by molar-refractivity contribution is -0.0499. The van der Waals surface area contributed by atoms with Gasteiger partial charge in [0.05, 0.1) is 12.2 Å². The van der Waals surface area contributed by atoms with Gasteiger partial charge in [0.25, 0.3) is 0 Å². The molecule has 0 saturated heterocycles. The zero-order valence-corrected chi connectivity index (χ0v) is 18.8. The largest absolute Gasteiger partial charge is 0.534 e. The number of rotatable bonds is 7. The molecule has 0 heterocycles. The molecule has 0 N–H and O–H groups in total. The fraction of sp³-hybridized carbons (Fsp3) is 0.261. The third kappa shape index (κ3) is 5.39. The van der Waals surface area contributed by atoms with E-state index in [1.165, 1.54) is 24.3 Å². The number of fused-ring (bicyclic) bond motifs is 1. The van der Waals surface area contributed by atoms with Gasteiger partial charge in [0, 0.05) is 5.39 Å². The lowest BCUT2D eigenvalue weighted by atomic mass is 10.0. The van der Waals surface area contributed by atoms with Crippen molar-refractivity contribution in [2.45, 2.75) is 32.9 Å². The van der Waals surface area contributed by atoms with E-state index in [4.69, 9.17) is 9.47 Å². The number of benzene rings is 3. The molecule has 6 nitrogen and oxygen atoms in total. The number of halogens is 3. The van der Waals surface area contributed by atoms with Crippen LogP contribution in [-0.2, 0) is 21.5 Å². The summed E-state index contributed by atoms with van der Waals surface area (Å²) < 4.78 is 76.8. The molecule has 0 unspecified atom stereocenters. The Hall–Kier alpha value is -3.27. The van der Waals surface area contributed by atoms with E-state index < -0.39 is 27.3 Å². The highest BCUT2D eigenvalue weighted by molar-refractivity contribution is 7.88. The van der Waals surface area contributed by atoms with Crippen LogP contribution in [0.15, 0.2) is 48.5 Å². The van der Waals surface area contributed by atoms with E-state index in [0.29, 0.717) is 5.75 Å². The third-order valence-electron chi connectivity index (χ3n) is 4.91. The van der Waals surface area contributed by atoms with Gasteiger partial charge in [-0.3, -0.25) is 0 Å². The van der Waals surface area contributed by atoms with E-state index in [1.807, 2.05) is 32.0 Å². The van der Waals surface area contributed by atoms with Gasteiger partial charge in [-0.05, 0) is 73.2 Å². The van der Waals surface area contributed by atoms with Crippen LogP contribution < -0.4 is 8.92 Å². The second kappa shape index (κ2) is 9.30. The summed E-state index contributed by atoms with van der Waals surface area (Å²) in [6.45, 7) is 5.72. The number of esters is 1. The Bertz CT molecular complexity index is 1280. The number of hydrogen-bond donors (Lipinski definition) is 0. The lowest BCUT2D eigenvalue weighted by Crippen LogP contribution is -2.28. The van der Waals surface area contributed by atoms with Crippen LogP contribution in [-0.4, -0.2) is 26.5 Å². The van der Waals surface area contributed by atoms with Gasteiger partial charge in [-0.15, -0.1) is 0 Å². The second-order valence-electron chi connectivity index (χ2n) is 7.22. The van der Waals surface area contributed by atoms with Gasteiger partial charge in [-0.2, -0.15) is 21.6 Å². The van der Waals surface area contributed by atoms with E-state index in [0.717, 1.165) is 22.8 Å². The monoisotopic (exact) mass is 482 g/mol. The number of carbonyl (C=O) groups excluding carboxylic acids is 1. The van der Waals surface area contributed by atoms with Gasteiger partial charge in [-0.25, -0.2) is 4.79 Å². The molecule has 0 aliphatic carbocycles. The summed E-state index contributed by atoms with van der Waals surface area (Å²) in [7, 11) is -5.95. The van der Waals surface area contributed by atoms with Crippen LogP contribution in [0.1, 0.15) is 34.0 Å². The van der Waals surface area contributed by atoms with Crippen LogP contribution in [0.2, 0.25) is 0 Å². The molecule has 0 bridgehead atoms. The summed E-state index contributed by atoms with van der Waals surface area (Å²) in [4.78, 5) is 12.2. The average Bonchev–Trinajstić information content (AvgIpc) is 2.72. The summed E-state index contributed by atoms with van der Waals surface area (Å²) >= 11 is 0. The molecule has 3 rings (SSSR count). The van der Waals surface area contributed by atoms with Crippen molar-refractivity contribution in [1.29, 1.82) is 0 Å². The average molecular weight is 482 g/mol. The molecule has 0 aromatic heterocycles. The molecule has 0 spiro atoms. The Labute approximate surface area is 189 Å². The predicted octanol–water partition coefficient (Wildman–Crippen LogP) is 5.44. The number of ether oxygens (including phenoxy) is 2. The quantitative estimate of drug-likeness (QED) is 0.254. The smallest absolute Gasteiger partial charge is 0.489 e. The lowest BCUT2D eigenvalue weighted by Gasteiger charge is -2.15. The first-order chi connectivity index (χ1) is 15.4. The van der Waals surface area contributed by atoms with E-state index in [9.17, 15) is 26.4 Å². The van der Waals surface area contributed by atoms with Crippen LogP contribution in [0, 0.1) is 13.8 Å². The van der Waals surface area contributed by atoms with Gasteiger partial charge in [0.1, 0.15) is 12.4 Å². The minimum absolute atomic E-state index is 0.0207. The molecule has 0 atom stereocenters. The number of alkyl halides is 3. The van der Waals surface area contributed by atoms with Gasteiger partial charge >= 0.3 is 21.6 Å². The van der Waals surface area contributed by atoms with Crippen LogP contribution in [0.5, 0.6) is 11.5 Å². The van der Waals surface area contributed by atoms with Crippen LogP contribution in [0.25, 0.3) is 10.8 Å². The van der Waals surface area contributed by atoms with Crippen LogP contribution in [0.3, 0.4) is 0 Å². The van der Waals surface area contributed by atoms with Crippen LogP contribution in [0.4, 0.5) is 13.2 Å². The highest BCUT2D eigenvalue weighted by Crippen LogP contribution is 2.35. The van der Waals surface area contributed by atoms with Crippen molar-refractivity contribution in [3.8, 4) is 11.5 Å². The maximum absolute atomic E-state index is 12.9. The highest BCUT2D eigenvalue weighted by atomic mass is 32.2. The molecular weight excluding hydrogens is 461 g/mol. The molecule has 0 amide bonds. The Kier molecular flexibility index (Phi) is 6.87. The van der Waals surface area contributed by atoms with E-state index in [1.54, 1.807) is 6.92 Å². The van der Waals surface area contributed by atoms with Crippen molar-refractivity contribution in [2.24, 2.45) is 0 Å². The molecule has 0 radical (unpaired) electrons. The summed E-state index contributed by atoms with van der Waals surface area (Å²) in [6.07, 6.45) is 0. The van der Waals surface area contributed by atoms with E-state index >= 15 is 0 Å². The minimum atomic E-state index is -5.95. The first kappa shape index (κ1) is 24.4. The molecule has 0 saturated carbocycles. The zero-order valence-electron chi connectivity index (χ0n) is 18.0. The Balaban J connectivity index is 2.03. The Morgan fingerprint density at radius 1 is 1.00 bits per heavy atom. The van der Waals surface area contributed by atoms with Crippen molar-refractivity contribution in [3.63, 3.8) is 0 Å². The van der Waals surface area contributed by atoms with Crippen molar-refractivity contribution >= 4 is 26.9 Å². The van der Waals surface area contributed by atoms with Crippen molar-refractivity contribution in [2.75, 3.05) is 6.61 Å². The van der Waals surface area contributed by atoms with Crippen molar-refractivity contribution in [3.05, 3.63) is 70.8 Å². The standard InChI is InChI=1S/C23H21F3O6S/c1-4-30-22(27)17-10-16-11-18(31-13-20-14(2)6-5-7-15(20)3)8-9-19(16)21(12-17)32-33(28,29)23(24,25)26/h5-12H,4,13H2,1-3H3. The fourth-order valence-electron chi connectivity index (χ4n) is 3.20. The number of aryl methyl sites for hydroxylation is 2. The molecule has 10 heteroatoms.